The molecule has 1 aliphatic rings. The van der Waals surface area contributed by atoms with Crippen LogP contribution in [0.25, 0.3) is 10.9 Å². The lowest BCUT2D eigenvalue weighted by Crippen LogP contribution is -2.37. The van der Waals surface area contributed by atoms with Crippen LogP contribution in [0, 0.1) is 0 Å². The van der Waals surface area contributed by atoms with Gasteiger partial charge < -0.3 is 4.98 Å². The highest BCUT2D eigenvalue weighted by atomic mass is 16.2. The third kappa shape index (κ3) is 3.34. The molecule has 2 heterocycles. The van der Waals surface area contributed by atoms with Crippen molar-refractivity contribution in [2.75, 3.05) is 0 Å². The minimum atomic E-state index is -0.262. The molecule has 4 heteroatoms. The summed E-state index contributed by atoms with van der Waals surface area (Å²) < 4.78 is 0. The Morgan fingerprint density at radius 1 is 0.897 bits per heavy atom. The second-order valence-electron chi connectivity index (χ2n) is 7.34. The fourth-order valence-electron chi connectivity index (χ4n) is 4.00. The van der Waals surface area contributed by atoms with Gasteiger partial charge in [0.1, 0.15) is 0 Å². The Morgan fingerprint density at radius 3 is 2.38 bits per heavy atom. The predicted octanol–water partition coefficient (Wildman–Crippen LogP) is 5.09. The summed E-state index contributed by atoms with van der Waals surface area (Å²) in [6.07, 6.45) is 2.57. The van der Waals surface area contributed by atoms with E-state index in [-0.39, 0.29) is 11.8 Å². The fraction of sp³-hybridized carbons (Fsp3) is 0.120. The van der Waals surface area contributed by atoms with Gasteiger partial charge in [-0.15, -0.1) is 0 Å². The largest absolute Gasteiger partial charge is 0.361 e. The van der Waals surface area contributed by atoms with E-state index in [0.717, 1.165) is 33.3 Å². The number of hydrazone groups is 1. The molecule has 0 aliphatic carbocycles. The Labute approximate surface area is 169 Å². The van der Waals surface area contributed by atoms with Crippen LogP contribution in [0.2, 0.25) is 0 Å². The molecule has 0 fully saturated rings. The Kier molecular flexibility index (Phi) is 4.45. The maximum atomic E-state index is 13.5. The lowest BCUT2D eigenvalue weighted by atomic mass is 9.88. The lowest BCUT2D eigenvalue weighted by molar-refractivity contribution is -0.134. The summed E-state index contributed by atoms with van der Waals surface area (Å²) in [4.78, 5) is 16.8. The molecule has 4 nitrogen and oxygen atoms in total. The number of aromatic amines is 1. The van der Waals surface area contributed by atoms with Crippen LogP contribution in [0.15, 0.2) is 96.2 Å². The zero-order valence-electron chi connectivity index (χ0n) is 16.0. The molecule has 0 radical (unpaired) electrons. The van der Waals surface area contributed by atoms with E-state index in [1.165, 1.54) is 0 Å². The maximum Gasteiger partial charge on any atom is 0.250 e. The van der Waals surface area contributed by atoms with Gasteiger partial charge in [-0.2, -0.15) is 5.10 Å². The van der Waals surface area contributed by atoms with Crippen LogP contribution >= 0.6 is 0 Å². The van der Waals surface area contributed by atoms with Crippen LogP contribution in [0.4, 0.5) is 0 Å². The SMILES string of the molecule is O=C1[C@@H](c2c[nH]c3ccccc23)CC(c2ccccc2)=NN1Cc1ccccc1. The summed E-state index contributed by atoms with van der Waals surface area (Å²) >= 11 is 0. The zero-order valence-corrected chi connectivity index (χ0v) is 16.0. The van der Waals surface area contributed by atoms with Crippen LogP contribution < -0.4 is 0 Å². The predicted molar refractivity (Wildman–Crippen MR) is 116 cm³/mol. The molecule has 0 unspecified atom stereocenters. The van der Waals surface area contributed by atoms with Gasteiger partial charge in [0.25, 0.3) is 5.91 Å². The second-order valence-corrected chi connectivity index (χ2v) is 7.34. The standard InChI is InChI=1S/C25H21N3O/c29-25-21(22-16-26-23-14-8-7-13-20(22)23)15-24(19-11-5-2-6-12-19)27-28(25)17-18-9-3-1-4-10-18/h1-14,16,21,26H,15,17H2/t21-/m1/s1. The summed E-state index contributed by atoms with van der Waals surface area (Å²) in [5.41, 5.74) is 5.15. The molecule has 3 aromatic carbocycles. The van der Waals surface area contributed by atoms with Crippen molar-refractivity contribution in [3.05, 3.63) is 108 Å². The van der Waals surface area contributed by atoms with Crippen LogP contribution in [-0.2, 0) is 11.3 Å². The Morgan fingerprint density at radius 2 is 1.59 bits per heavy atom. The van der Waals surface area contributed by atoms with Gasteiger partial charge in [0.05, 0.1) is 18.2 Å². The minimum absolute atomic E-state index is 0.0401. The molecule has 1 aliphatic heterocycles. The van der Waals surface area contributed by atoms with E-state index in [9.17, 15) is 4.79 Å². The number of hydrogen-bond donors (Lipinski definition) is 1. The molecular formula is C25H21N3O. The smallest absolute Gasteiger partial charge is 0.250 e. The summed E-state index contributed by atoms with van der Waals surface area (Å²) in [5, 5.41) is 7.49. The van der Waals surface area contributed by atoms with Crippen LogP contribution in [0.5, 0.6) is 0 Å². The molecule has 1 atom stereocenters. The molecular weight excluding hydrogens is 358 g/mol. The molecule has 5 rings (SSSR count). The molecule has 4 aromatic rings. The first-order chi connectivity index (χ1) is 14.3. The van der Waals surface area contributed by atoms with E-state index in [0.29, 0.717) is 13.0 Å². The number of carbonyl (C=O) groups excluding carboxylic acids is 1. The van der Waals surface area contributed by atoms with Gasteiger partial charge in [-0.05, 0) is 22.8 Å². The normalized spacial score (nSPS) is 16.8. The van der Waals surface area contributed by atoms with Crippen molar-refractivity contribution in [2.24, 2.45) is 5.10 Å². The molecule has 29 heavy (non-hydrogen) atoms. The maximum absolute atomic E-state index is 13.5. The Bertz CT molecular complexity index is 1180. The van der Waals surface area contributed by atoms with Crippen LogP contribution in [-0.4, -0.2) is 21.6 Å². The van der Waals surface area contributed by atoms with Gasteiger partial charge in [0, 0.05) is 23.5 Å². The quantitative estimate of drug-likeness (QED) is 0.528. The number of carbonyl (C=O) groups is 1. The number of para-hydroxylation sites is 1. The first kappa shape index (κ1) is 17.4. The third-order valence-corrected chi connectivity index (χ3v) is 5.47. The number of nitrogens with zero attached hydrogens (tertiary/aromatic N) is 2. The van der Waals surface area contributed by atoms with Crippen molar-refractivity contribution in [3.63, 3.8) is 0 Å². The average Bonchev–Trinajstić information content (AvgIpc) is 3.20. The number of amides is 1. The molecule has 0 bridgehead atoms. The van der Waals surface area contributed by atoms with Gasteiger partial charge in [0.15, 0.2) is 0 Å². The molecule has 0 spiro atoms. The van der Waals surface area contributed by atoms with E-state index in [1.54, 1.807) is 5.01 Å². The number of H-pyrrole nitrogens is 1. The third-order valence-electron chi connectivity index (χ3n) is 5.47. The van der Waals surface area contributed by atoms with Crippen molar-refractivity contribution in [1.82, 2.24) is 9.99 Å². The van der Waals surface area contributed by atoms with Gasteiger partial charge in [0.2, 0.25) is 0 Å². The van der Waals surface area contributed by atoms with E-state index in [1.807, 2.05) is 72.9 Å². The van der Waals surface area contributed by atoms with Crippen molar-refractivity contribution in [1.29, 1.82) is 0 Å². The fourth-order valence-corrected chi connectivity index (χ4v) is 4.00. The highest BCUT2D eigenvalue weighted by Gasteiger charge is 2.34. The van der Waals surface area contributed by atoms with Gasteiger partial charge >= 0.3 is 0 Å². The van der Waals surface area contributed by atoms with Crippen molar-refractivity contribution < 1.29 is 4.79 Å². The molecule has 0 saturated carbocycles. The van der Waals surface area contributed by atoms with E-state index < -0.39 is 0 Å². The number of hydrogen-bond acceptors (Lipinski definition) is 2. The monoisotopic (exact) mass is 379 g/mol. The number of rotatable bonds is 4. The molecule has 1 N–H and O–H groups in total. The van der Waals surface area contributed by atoms with Crippen molar-refractivity contribution in [2.45, 2.75) is 18.9 Å². The zero-order chi connectivity index (χ0) is 19.6. The Hall–Kier alpha value is -3.66. The molecule has 1 amide bonds. The van der Waals surface area contributed by atoms with Crippen molar-refractivity contribution in [3.8, 4) is 0 Å². The molecule has 142 valence electrons. The number of nitrogens with one attached hydrogen (secondary N) is 1. The first-order valence-electron chi connectivity index (χ1n) is 9.84. The van der Waals surface area contributed by atoms with Crippen LogP contribution in [0.3, 0.4) is 0 Å². The van der Waals surface area contributed by atoms with E-state index in [2.05, 4.69) is 23.2 Å². The van der Waals surface area contributed by atoms with Crippen molar-refractivity contribution >= 4 is 22.5 Å². The number of benzene rings is 3. The number of fused-ring (bicyclic) bond motifs is 1. The van der Waals surface area contributed by atoms with Gasteiger partial charge in [-0.1, -0.05) is 78.9 Å². The summed E-state index contributed by atoms with van der Waals surface area (Å²) in [5.74, 6) is -0.221. The number of aromatic nitrogens is 1. The summed E-state index contributed by atoms with van der Waals surface area (Å²) in [6, 6.07) is 28.3. The Balaban J connectivity index is 1.57. The minimum Gasteiger partial charge on any atom is -0.361 e. The first-order valence-corrected chi connectivity index (χ1v) is 9.84. The van der Waals surface area contributed by atoms with Gasteiger partial charge in [-0.25, -0.2) is 5.01 Å². The van der Waals surface area contributed by atoms with E-state index >= 15 is 0 Å². The highest BCUT2D eigenvalue weighted by Crippen LogP contribution is 2.34. The molecule has 1 aromatic heterocycles. The summed E-state index contributed by atoms with van der Waals surface area (Å²) in [6.45, 7) is 0.467. The highest BCUT2D eigenvalue weighted by molar-refractivity contribution is 6.07. The van der Waals surface area contributed by atoms with E-state index in [4.69, 9.17) is 5.10 Å². The van der Waals surface area contributed by atoms with Gasteiger partial charge in [-0.3, -0.25) is 4.79 Å². The summed E-state index contributed by atoms with van der Waals surface area (Å²) in [7, 11) is 0. The van der Waals surface area contributed by atoms with Crippen LogP contribution in [0.1, 0.15) is 29.0 Å². The average molecular weight is 379 g/mol. The topological polar surface area (TPSA) is 48.5 Å². The second kappa shape index (κ2) is 7.40. The molecule has 0 saturated heterocycles. The lowest BCUT2D eigenvalue weighted by Gasteiger charge is -2.30.